The number of likely N-dealkylation sites (N-methyl/N-ethyl adjacent to an activating group) is 1. The minimum absolute atomic E-state index is 0.191. The fourth-order valence-corrected chi connectivity index (χ4v) is 5.63. The second-order valence-electron chi connectivity index (χ2n) is 9.60. The molecule has 3 aromatic rings. The van der Waals surface area contributed by atoms with Crippen molar-refractivity contribution in [1.82, 2.24) is 19.8 Å². The van der Waals surface area contributed by atoms with Gasteiger partial charge >= 0.3 is 6.18 Å². The van der Waals surface area contributed by atoms with Crippen LogP contribution >= 0.6 is 11.6 Å². The van der Waals surface area contributed by atoms with Crippen LogP contribution in [-0.4, -0.2) is 34.0 Å². The van der Waals surface area contributed by atoms with Gasteiger partial charge in [-0.25, -0.2) is 9.37 Å². The van der Waals surface area contributed by atoms with Gasteiger partial charge in [0.2, 0.25) is 5.91 Å². The summed E-state index contributed by atoms with van der Waals surface area (Å²) in [5.74, 6) is -0.200. The number of aryl methyl sites for hydroxylation is 1. The average Bonchev–Trinajstić information content (AvgIpc) is 3.67. The highest BCUT2D eigenvalue weighted by atomic mass is 35.5. The summed E-state index contributed by atoms with van der Waals surface area (Å²) in [5, 5.41) is 3.11. The van der Waals surface area contributed by atoms with Gasteiger partial charge in [0, 0.05) is 26.1 Å². The molecule has 1 aromatic heterocycles. The van der Waals surface area contributed by atoms with E-state index in [4.69, 9.17) is 11.6 Å². The van der Waals surface area contributed by atoms with Gasteiger partial charge in [-0.2, -0.15) is 13.2 Å². The third-order valence-electron chi connectivity index (χ3n) is 7.22. The first-order chi connectivity index (χ1) is 17.7. The number of aromatic nitrogens is 2. The van der Waals surface area contributed by atoms with Crippen LogP contribution in [0.4, 0.5) is 17.6 Å². The first-order valence-electron chi connectivity index (χ1n) is 12.3. The molecule has 0 spiro atoms. The van der Waals surface area contributed by atoms with E-state index in [1.54, 1.807) is 7.05 Å². The van der Waals surface area contributed by atoms with E-state index in [0.29, 0.717) is 36.1 Å². The van der Waals surface area contributed by atoms with Crippen molar-refractivity contribution in [1.29, 1.82) is 0 Å². The Morgan fingerprint density at radius 1 is 1.16 bits per heavy atom. The number of halogens is 5. The highest BCUT2D eigenvalue weighted by molar-refractivity contribution is 6.30. The van der Waals surface area contributed by atoms with Crippen molar-refractivity contribution in [2.45, 2.75) is 56.4 Å². The van der Waals surface area contributed by atoms with E-state index in [-0.39, 0.29) is 18.4 Å². The van der Waals surface area contributed by atoms with Crippen molar-refractivity contribution >= 4 is 17.5 Å². The first kappa shape index (κ1) is 25.7. The summed E-state index contributed by atoms with van der Waals surface area (Å²) in [5.41, 5.74) is 0.662. The average molecular weight is 535 g/mol. The van der Waals surface area contributed by atoms with E-state index in [1.165, 1.54) is 6.07 Å². The van der Waals surface area contributed by atoms with Crippen LogP contribution in [0.15, 0.2) is 48.5 Å². The molecule has 0 saturated heterocycles. The standard InChI is InChI=1S/C27H27ClF4N4O/c1-33-26(37)22(17-5-3-2-4-6-17)35-13-14-36-23(24(28)34-25(36)18-9-10-18)21(35)12-8-16-7-11-20(29)19(15-16)27(30,31)32/h2-7,11,15,18,21-22H,8-10,12-14H2,1H3,(H,33,37)/t21-,22+/m0/s1. The van der Waals surface area contributed by atoms with Crippen molar-refractivity contribution in [2.75, 3.05) is 13.6 Å². The summed E-state index contributed by atoms with van der Waals surface area (Å²) in [6, 6.07) is 11.5. The summed E-state index contributed by atoms with van der Waals surface area (Å²) < 4.78 is 56.0. The fraction of sp³-hybridized carbons (Fsp3) is 0.407. The number of benzene rings is 2. The van der Waals surface area contributed by atoms with Crippen LogP contribution < -0.4 is 5.32 Å². The van der Waals surface area contributed by atoms with Crippen LogP contribution in [0.25, 0.3) is 0 Å². The summed E-state index contributed by atoms with van der Waals surface area (Å²) >= 11 is 6.69. The molecule has 5 nitrogen and oxygen atoms in total. The lowest BCUT2D eigenvalue weighted by atomic mass is 9.94. The minimum Gasteiger partial charge on any atom is -0.358 e. The molecule has 1 amide bonds. The number of carbonyl (C=O) groups is 1. The molecule has 0 radical (unpaired) electrons. The number of rotatable bonds is 7. The summed E-state index contributed by atoms with van der Waals surface area (Å²) in [6.45, 7) is 1.14. The monoisotopic (exact) mass is 534 g/mol. The number of fused-ring (bicyclic) bond motifs is 1. The lowest BCUT2D eigenvalue weighted by molar-refractivity contribution is -0.140. The smallest absolute Gasteiger partial charge is 0.358 e. The zero-order valence-electron chi connectivity index (χ0n) is 20.2. The zero-order chi connectivity index (χ0) is 26.3. The van der Waals surface area contributed by atoms with Crippen molar-refractivity contribution in [3.63, 3.8) is 0 Å². The van der Waals surface area contributed by atoms with Gasteiger partial charge in [-0.3, -0.25) is 9.69 Å². The third-order valence-corrected chi connectivity index (χ3v) is 7.49. The molecule has 196 valence electrons. The minimum atomic E-state index is -4.78. The largest absolute Gasteiger partial charge is 0.419 e. The molecule has 1 saturated carbocycles. The van der Waals surface area contributed by atoms with Crippen molar-refractivity contribution in [3.8, 4) is 0 Å². The van der Waals surface area contributed by atoms with Crippen LogP contribution in [0, 0.1) is 5.82 Å². The van der Waals surface area contributed by atoms with Gasteiger partial charge in [0.1, 0.15) is 17.7 Å². The Kier molecular flexibility index (Phi) is 7.02. The molecule has 2 aromatic carbocycles. The maximum absolute atomic E-state index is 13.9. The highest BCUT2D eigenvalue weighted by Gasteiger charge is 2.41. The molecule has 0 unspecified atom stereocenters. The predicted octanol–water partition coefficient (Wildman–Crippen LogP) is 6.05. The molecule has 10 heteroatoms. The van der Waals surface area contributed by atoms with E-state index in [0.717, 1.165) is 42.1 Å². The molecule has 2 aliphatic rings. The normalized spacial score (nSPS) is 18.9. The Bertz CT molecular complexity index is 1290. The number of imidazole rings is 1. The summed E-state index contributed by atoms with van der Waals surface area (Å²) in [6.07, 6.45) is -2.09. The number of hydrogen-bond acceptors (Lipinski definition) is 3. The highest BCUT2D eigenvalue weighted by Crippen LogP contribution is 2.46. The molecule has 5 rings (SSSR count). The quantitative estimate of drug-likeness (QED) is 0.376. The number of nitrogens with zero attached hydrogens (tertiary/aromatic N) is 3. The molecule has 1 N–H and O–H groups in total. The number of nitrogens with one attached hydrogen (secondary N) is 1. The van der Waals surface area contributed by atoms with E-state index in [9.17, 15) is 22.4 Å². The van der Waals surface area contributed by atoms with Gasteiger partial charge < -0.3 is 9.88 Å². The Labute approximate surface area is 217 Å². The lowest BCUT2D eigenvalue weighted by Crippen LogP contribution is -2.46. The van der Waals surface area contributed by atoms with Crippen LogP contribution in [0.2, 0.25) is 5.15 Å². The predicted molar refractivity (Wildman–Crippen MR) is 132 cm³/mol. The molecule has 2 atom stereocenters. The second-order valence-corrected chi connectivity index (χ2v) is 9.96. The van der Waals surface area contributed by atoms with Gasteiger partial charge in [0.15, 0.2) is 5.15 Å². The number of amides is 1. The van der Waals surface area contributed by atoms with Gasteiger partial charge in [0.25, 0.3) is 0 Å². The van der Waals surface area contributed by atoms with Crippen molar-refractivity contribution in [3.05, 3.63) is 87.7 Å². The number of carbonyl (C=O) groups excluding carboxylic acids is 1. The molecule has 1 aliphatic carbocycles. The summed E-state index contributed by atoms with van der Waals surface area (Å²) in [4.78, 5) is 19.9. The molecule has 1 fully saturated rings. The third kappa shape index (κ3) is 5.11. The van der Waals surface area contributed by atoms with E-state index in [2.05, 4.69) is 19.8 Å². The topological polar surface area (TPSA) is 50.2 Å². The Morgan fingerprint density at radius 3 is 2.54 bits per heavy atom. The van der Waals surface area contributed by atoms with E-state index >= 15 is 0 Å². The van der Waals surface area contributed by atoms with Crippen LogP contribution in [0.3, 0.4) is 0 Å². The Morgan fingerprint density at radius 2 is 1.89 bits per heavy atom. The van der Waals surface area contributed by atoms with Crippen LogP contribution in [0.5, 0.6) is 0 Å². The fourth-order valence-electron chi connectivity index (χ4n) is 5.31. The van der Waals surface area contributed by atoms with Crippen molar-refractivity contribution in [2.24, 2.45) is 0 Å². The number of hydrogen-bond donors (Lipinski definition) is 1. The lowest BCUT2D eigenvalue weighted by Gasteiger charge is -2.41. The molecule has 0 bridgehead atoms. The summed E-state index contributed by atoms with van der Waals surface area (Å²) in [7, 11) is 1.58. The van der Waals surface area contributed by atoms with Crippen LogP contribution in [0.1, 0.15) is 65.5 Å². The Hall–Kier alpha value is -2.91. The van der Waals surface area contributed by atoms with Gasteiger partial charge in [-0.1, -0.05) is 48.0 Å². The second kappa shape index (κ2) is 10.1. The SMILES string of the molecule is CNC(=O)[C@@H](c1ccccc1)N1CCn2c(C3CC3)nc(Cl)c2[C@@H]1CCc1ccc(F)c(C(F)(F)F)c1. The maximum atomic E-state index is 13.9. The molecular weight excluding hydrogens is 508 g/mol. The molecule has 37 heavy (non-hydrogen) atoms. The molecule has 2 heterocycles. The maximum Gasteiger partial charge on any atom is 0.419 e. The zero-order valence-corrected chi connectivity index (χ0v) is 21.0. The number of alkyl halides is 3. The molecule has 1 aliphatic heterocycles. The van der Waals surface area contributed by atoms with Crippen molar-refractivity contribution < 1.29 is 22.4 Å². The van der Waals surface area contributed by atoms with E-state index in [1.807, 2.05) is 30.3 Å². The van der Waals surface area contributed by atoms with Gasteiger partial charge in [-0.15, -0.1) is 0 Å². The Balaban J connectivity index is 1.53. The van der Waals surface area contributed by atoms with Gasteiger partial charge in [0.05, 0.1) is 17.3 Å². The first-order valence-corrected chi connectivity index (χ1v) is 12.7. The van der Waals surface area contributed by atoms with Crippen LogP contribution in [-0.2, 0) is 23.9 Å². The molecular formula is C27H27ClF4N4O. The van der Waals surface area contributed by atoms with Gasteiger partial charge in [-0.05, 0) is 48.9 Å². The van der Waals surface area contributed by atoms with E-state index < -0.39 is 23.6 Å².